The third-order valence-corrected chi connectivity index (χ3v) is 4.82. The summed E-state index contributed by atoms with van der Waals surface area (Å²) in [7, 11) is 0. The lowest BCUT2D eigenvalue weighted by Gasteiger charge is -2.40. The van der Waals surface area contributed by atoms with Crippen molar-refractivity contribution in [2.75, 3.05) is 0 Å². The minimum atomic E-state index is 0.203. The van der Waals surface area contributed by atoms with Crippen LogP contribution in [0.5, 0.6) is 0 Å². The molecule has 0 aliphatic heterocycles. The first-order chi connectivity index (χ1) is 9.73. The Labute approximate surface area is 120 Å². The predicted molar refractivity (Wildman–Crippen MR) is 83.0 cm³/mol. The van der Waals surface area contributed by atoms with Crippen molar-refractivity contribution < 1.29 is 0 Å². The zero-order valence-electron chi connectivity index (χ0n) is 12.1. The molecule has 3 nitrogen and oxygen atoms in total. The highest BCUT2D eigenvalue weighted by molar-refractivity contribution is 5.79. The predicted octanol–water partition coefficient (Wildman–Crippen LogP) is 3.71. The summed E-state index contributed by atoms with van der Waals surface area (Å²) in [5.74, 6) is 5.89. The Hall–Kier alpha value is -1.45. The van der Waals surface area contributed by atoms with Gasteiger partial charge in [-0.1, -0.05) is 44.4 Å². The lowest BCUT2D eigenvalue weighted by Crippen LogP contribution is -2.41. The molecule has 2 aromatic rings. The van der Waals surface area contributed by atoms with E-state index in [1.54, 1.807) is 0 Å². The van der Waals surface area contributed by atoms with Crippen LogP contribution in [0.1, 0.15) is 50.6 Å². The highest BCUT2D eigenvalue weighted by atomic mass is 15.2. The van der Waals surface area contributed by atoms with E-state index in [4.69, 9.17) is 5.84 Å². The van der Waals surface area contributed by atoms with Gasteiger partial charge in [-0.25, -0.2) is 0 Å². The second-order valence-electron chi connectivity index (χ2n) is 6.27. The summed E-state index contributed by atoms with van der Waals surface area (Å²) in [4.78, 5) is 4.46. The summed E-state index contributed by atoms with van der Waals surface area (Å²) in [6, 6.07) is 10.8. The van der Waals surface area contributed by atoms with Crippen LogP contribution in [0, 0.1) is 5.41 Å². The molecule has 1 saturated carbocycles. The van der Waals surface area contributed by atoms with Gasteiger partial charge in [-0.3, -0.25) is 16.3 Å². The molecule has 1 aliphatic rings. The van der Waals surface area contributed by atoms with E-state index in [9.17, 15) is 0 Å². The van der Waals surface area contributed by atoms with Crippen LogP contribution in [0.3, 0.4) is 0 Å². The molecule has 0 radical (unpaired) electrons. The highest BCUT2D eigenvalue weighted by Crippen LogP contribution is 2.45. The van der Waals surface area contributed by atoms with Crippen molar-refractivity contribution in [1.82, 2.24) is 10.4 Å². The molecule has 3 heteroatoms. The van der Waals surface area contributed by atoms with Gasteiger partial charge in [0.15, 0.2) is 0 Å². The molecule has 3 N–H and O–H groups in total. The average Bonchev–Trinajstić information content (AvgIpc) is 2.48. The largest absolute Gasteiger partial charge is 0.271 e. The number of nitrogens with zero attached hydrogens (tertiary/aromatic N) is 1. The van der Waals surface area contributed by atoms with E-state index in [0.29, 0.717) is 0 Å². The van der Waals surface area contributed by atoms with Crippen LogP contribution >= 0.6 is 0 Å². The van der Waals surface area contributed by atoms with E-state index in [1.807, 2.05) is 12.3 Å². The number of hydrogen-bond acceptors (Lipinski definition) is 3. The number of pyridine rings is 1. The van der Waals surface area contributed by atoms with Crippen molar-refractivity contribution in [3.63, 3.8) is 0 Å². The molecule has 1 unspecified atom stereocenters. The zero-order chi connectivity index (χ0) is 14.0. The first kappa shape index (κ1) is 13.5. The minimum absolute atomic E-state index is 0.203. The van der Waals surface area contributed by atoms with Crippen molar-refractivity contribution in [1.29, 1.82) is 0 Å². The quantitative estimate of drug-likeness (QED) is 0.659. The number of nitrogens with two attached hydrogens (primary N) is 1. The Balaban J connectivity index is 1.98. The summed E-state index contributed by atoms with van der Waals surface area (Å²) < 4.78 is 0. The van der Waals surface area contributed by atoms with Gasteiger partial charge in [0.2, 0.25) is 0 Å². The van der Waals surface area contributed by atoms with Gasteiger partial charge < -0.3 is 0 Å². The van der Waals surface area contributed by atoms with Crippen LogP contribution < -0.4 is 11.3 Å². The molecule has 1 fully saturated rings. The number of hydrogen-bond donors (Lipinski definition) is 2. The van der Waals surface area contributed by atoms with Gasteiger partial charge in [0.05, 0.1) is 11.6 Å². The van der Waals surface area contributed by atoms with Crippen LogP contribution in [0.4, 0.5) is 0 Å². The van der Waals surface area contributed by atoms with E-state index in [2.05, 4.69) is 41.6 Å². The first-order valence-corrected chi connectivity index (χ1v) is 7.54. The van der Waals surface area contributed by atoms with Crippen LogP contribution in [-0.4, -0.2) is 4.98 Å². The Kier molecular flexibility index (Phi) is 3.72. The minimum Gasteiger partial charge on any atom is -0.271 e. The molecular formula is C17H23N3. The molecule has 1 aromatic heterocycles. The standard InChI is InChI=1S/C17H23N3/c1-17(9-3-2-4-10-17)16(20-18)14-8-7-13-6-5-11-19-15(13)12-14/h5-8,11-12,16,20H,2-4,9-10,18H2,1H3. The highest BCUT2D eigenvalue weighted by Gasteiger charge is 2.35. The number of rotatable bonds is 3. The van der Waals surface area contributed by atoms with Gasteiger partial charge in [0.25, 0.3) is 0 Å². The van der Waals surface area contributed by atoms with Crippen molar-refractivity contribution in [2.24, 2.45) is 11.3 Å². The monoisotopic (exact) mass is 269 g/mol. The number of aromatic nitrogens is 1. The average molecular weight is 269 g/mol. The van der Waals surface area contributed by atoms with Crippen LogP contribution in [0.2, 0.25) is 0 Å². The van der Waals surface area contributed by atoms with Crippen molar-refractivity contribution in [3.8, 4) is 0 Å². The number of hydrazine groups is 1. The molecule has 20 heavy (non-hydrogen) atoms. The molecule has 1 aromatic carbocycles. The maximum Gasteiger partial charge on any atom is 0.0705 e. The fourth-order valence-electron chi connectivity index (χ4n) is 3.61. The summed E-state index contributed by atoms with van der Waals surface area (Å²) in [6.45, 7) is 2.36. The van der Waals surface area contributed by atoms with E-state index in [-0.39, 0.29) is 11.5 Å². The molecule has 106 valence electrons. The number of nitrogens with one attached hydrogen (secondary N) is 1. The van der Waals surface area contributed by atoms with Gasteiger partial charge >= 0.3 is 0 Å². The first-order valence-electron chi connectivity index (χ1n) is 7.54. The van der Waals surface area contributed by atoms with E-state index >= 15 is 0 Å². The molecule has 0 amide bonds. The third kappa shape index (κ3) is 2.43. The van der Waals surface area contributed by atoms with Gasteiger partial charge in [-0.15, -0.1) is 0 Å². The maximum absolute atomic E-state index is 5.89. The van der Waals surface area contributed by atoms with Crippen molar-refractivity contribution in [2.45, 2.75) is 45.1 Å². The van der Waals surface area contributed by atoms with Crippen LogP contribution in [-0.2, 0) is 0 Å². The van der Waals surface area contributed by atoms with Gasteiger partial charge in [0.1, 0.15) is 0 Å². The van der Waals surface area contributed by atoms with E-state index in [0.717, 1.165) is 5.52 Å². The molecule has 1 aliphatic carbocycles. The van der Waals surface area contributed by atoms with E-state index < -0.39 is 0 Å². The molecule has 0 bridgehead atoms. The number of benzene rings is 1. The van der Waals surface area contributed by atoms with Gasteiger partial charge in [-0.2, -0.15) is 0 Å². The molecule has 1 heterocycles. The zero-order valence-corrected chi connectivity index (χ0v) is 12.1. The van der Waals surface area contributed by atoms with Gasteiger partial charge in [-0.05, 0) is 36.0 Å². The second kappa shape index (κ2) is 5.51. The number of fused-ring (bicyclic) bond motifs is 1. The molecule has 1 atom stereocenters. The topological polar surface area (TPSA) is 50.9 Å². The van der Waals surface area contributed by atoms with E-state index in [1.165, 1.54) is 43.1 Å². The molecule has 0 spiro atoms. The van der Waals surface area contributed by atoms with Crippen molar-refractivity contribution in [3.05, 3.63) is 42.1 Å². The lowest BCUT2D eigenvalue weighted by molar-refractivity contribution is 0.145. The smallest absolute Gasteiger partial charge is 0.0705 e. The second-order valence-corrected chi connectivity index (χ2v) is 6.27. The molecule has 0 saturated heterocycles. The summed E-state index contributed by atoms with van der Waals surface area (Å²) in [5, 5.41) is 1.18. The Morgan fingerprint density at radius 2 is 2.00 bits per heavy atom. The summed E-state index contributed by atoms with van der Waals surface area (Å²) >= 11 is 0. The Morgan fingerprint density at radius 3 is 2.75 bits per heavy atom. The third-order valence-electron chi connectivity index (χ3n) is 4.82. The maximum atomic E-state index is 5.89. The molecule has 3 rings (SSSR count). The fourth-order valence-corrected chi connectivity index (χ4v) is 3.61. The normalized spacial score (nSPS) is 19.9. The SMILES string of the molecule is CC1(C(NN)c2ccc3cccnc3c2)CCCCC1. The van der Waals surface area contributed by atoms with Crippen LogP contribution in [0.25, 0.3) is 10.9 Å². The summed E-state index contributed by atoms with van der Waals surface area (Å²) in [6.07, 6.45) is 8.29. The molecular weight excluding hydrogens is 246 g/mol. The lowest BCUT2D eigenvalue weighted by atomic mass is 9.69. The summed E-state index contributed by atoms with van der Waals surface area (Å²) in [5.41, 5.74) is 5.61. The Morgan fingerprint density at radius 1 is 1.20 bits per heavy atom. The fraction of sp³-hybridized carbons (Fsp3) is 0.471. The van der Waals surface area contributed by atoms with Crippen molar-refractivity contribution >= 4 is 10.9 Å². The Bertz CT molecular complexity index is 588. The van der Waals surface area contributed by atoms with Crippen LogP contribution in [0.15, 0.2) is 36.5 Å². The van der Waals surface area contributed by atoms with Gasteiger partial charge in [0, 0.05) is 11.6 Å².